The number of hydrogen-bond donors (Lipinski definition) is 2. The van der Waals surface area contributed by atoms with E-state index in [4.69, 9.17) is 5.73 Å². The highest BCUT2D eigenvalue weighted by Crippen LogP contribution is 2.13. The molecule has 5 heteroatoms. The molecule has 82 valence electrons. The van der Waals surface area contributed by atoms with Gasteiger partial charge >= 0.3 is 0 Å². The zero-order chi connectivity index (χ0) is 10.9. The van der Waals surface area contributed by atoms with Crippen LogP contribution in [0.2, 0.25) is 0 Å². The highest BCUT2D eigenvalue weighted by molar-refractivity contribution is 5.89. The maximum absolute atomic E-state index is 11.6. The number of rotatable bonds is 2. The van der Waals surface area contributed by atoms with Gasteiger partial charge < -0.3 is 10.6 Å². The smallest absolute Gasteiger partial charge is 0.248 e. The van der Waals surface area contributed by atoms with Crippen molar-refractivity contribution in [2.45, 2.75) is 18.9 Å². The Bertz CT molecular complexity index is 336. The minimum atomic E-state index is -0.185. The van der Waals surface area contributed by atoms with Gasteiger partial charge in [-0.15, -0.1) is 0 Å². The van der Waals surface area contributed by atoms with E-state index in [9.17, 15) is 4.79 Å². The Balaban J connectivity index is 2.01. The summed E-state index contributed by atoms with van der Waals surface area (Å²) in [5, 5.41) is 3.24. The van der Waals surface area contributed by atoms with Crippen LogP contribution < -0.4 is 11.1 Å². The molecule has 15 heavy (non-hydrogen) atoms. The fraction of sp³-hybridized carbons (Fsp3) is 0.600. The van der Waals surface area contributed by atoms with Crippen LogP contribution in [0, 0.1) is 0 Å². The maximum Gasteiger partial charge on any atom is 0.248 e. The van der Waals surface area contributed by atoms with Crippen LogP contribution in [0.25, 0.3) is 0 Å². The average Bonchev–Trinajstić information content (AvgIpc) is 2.58. The lowest BCUT2D eigenvalue weighted by atomic mass is 10.0. The predicted molar refractivity (Wildman–Crippen MR) is 58.4 cm³/mol. The first-order chi connectivity index (χ1) is 7.09. The summed E-state index contributed by atoms with van der Waals surface area (Å²) in [4.78, 5) is 17.6. The van der Waals surface area contributed by atoms with Crippen molar-refractivity contribution in [2.24, 2.45) is 10.7 Å². The summed E-state index contributed by atoms with van der Waals surface area (Å²) in [6.07, 6.45) is 4.15. The molecule has 0 bridgehead atoms. The number of carbonyl (C=O) groups is 1. The van der Waals surface area contributed by atoms with Crippen molar-refractivity contribution in [3.05, 3.63) is 11.8 Å². The molecule has 2 aliphatic heterocycles. The minimum absolute atomic E-state index is 0.00192. The van der Waals surface area contributed by atoms with Gasteiger partial charge in [0.1, 0.15) is 0 Å². The molecule has 2 rings (SSSR count). The highest BCUT2D eigenvalue weighted by Gasteiger charge is 2.30. The van der Waals surface area contributed by atoms with Crippen molar-refractivity contribution < 1.29 is 4.79 Å². The Morgan fingerprint density at radius 3 is 3.13 bits per heavy atom. The molecule has 0 saturated heterocycles. The zero-order valence-electron chi connectivity index (χ0n) is 8.86. The van der Waals surface area contributed by atoms with Crippen molar-refractivity contribution in [2.75, 3.05) is 19.8 Å². The van der Waals surface area contributed by atoms with Crippen LogP contribution >= 0.6 is 0 Å². The van der Waals surface area contributed by atoms with Crippen molar-refractivity contribution in [1.82, 2.24) is 10.2 Å². The van der Waals surface area contributed by atoms with Gasteiger partial charge in [-0.1, -0.05) is 0 Å². The topological polar surface area (TPSA) is 70.7 Å². The Morgan fingerprint density at radius 1 is 1.73 bits per heavy atom. The molecule has 0 aromatic rings. The molecule has 0 aliphatic carbocycles. The van der Waals surface area contributed by atoms with Gasteiger partial charge in [0.2, 0.25) is 5.91 Å². The lowest BCUT2D eigenvalue weighted by molar-refractivity contribution is -0.127. The number of hydrogen-bond acceptors (Lipinski definition) is 4. The van der Waals surface area contributed by atoms with Crippen LogP contribution in [0.3, 0.4) is 0 Å². The van der Waals surface area contributed by atoms with E-state index in [1.165, 1.54) is 6.08 Å². The van der Waals surface area contributed by atoms with Gasteiger partial charge in [-0.25, -0.2) is 0 Å². The Kier molecular flexibility index (Phi) is 2.48. The molecule has 2 heterocycles. The van der Waals surface area contributed by atoms with Crippen LogP contribution in [-0.2, 0) is 4.79 Å². The number of nitrogens with one attached hydrogen (secondary N) is 1. The number of nitrogens with zero attached hydrogens (tertiary/aromatic N) is 2. The van der Waals surface area contributed by atoms with Gasteiger partial charge in [-0.3, -0.25) is 15.1 Å². The van der Waals surface area contributed by atoms with Gasteiger partial charge in [0.05, 0.1) is 12.2 Å². The number of amides is 1. The van der Waals surface area contributed by atoms with E-state index >= 15 is 0 Å². The third-order valence-electron chi connectivity index (χ3n) is 2.76. The average molecular weight is 208 g/mol. The first-order valence-electron chi connectivity index (χ1n) is 5.10. The third kappa shape index (κ3) is 2.18. The van der Waals surface area contributed by atoms with Crippen molar-refractivity contribution in [1.29, 1.82) is 0 Å². The molecule has 1 unspecified atom stereocenters. The molecular formula is C10H16N4O. The SMILES string of the molecule is CC1(CN2CCC(N)=CC2=O)C=NCN1. The molecule has 0 aromatic heterocycles. The van der Waals surface area contributed by atoms with Gasteiger partial charge in [-0.05, 0) is 6.92 Å². The Hall–Kier alpha value is -1.36. The van der Waals surface area contributed by atoms with E-state index in [-0.39, 0.29) is 11.4 Å². The standard InChI is InChI=1S/C10H16N4O/c1-10(5-12-7-13-10)6-14-3-2-8(11)4-9(14)15/h4-5,13H,2-3,6-7,11H2,1H3. The molecule has 0 fully saturated rings. The largest absolute Gasteiger partial charge is 0.402 e. The van der Waals surface area contributed by atoms with Crippen molar-refractivity contribution >= 4 is 12.1 Å². The highest BCUT2D eigenvalue weighted by atomic mass is 16.2. The summed E-state index contributed by atoms with van der Waals surface area (Å²) in [5.74, 6) is 0.00192. The fourth-order valence-electron chi connectivity index (χ4n) is 1.87. The van der Waals surface area contributed by atoms with Crippen molar-refractivity contribution in [3.63, 3.8) is 0 Å². The summed E-state index contributed by atoms with van der Waals surface area (Å²) in [6.45, 7) is 4.03. The normalized spacial score (nSPS) is 30.9. The minimum Gasteiger partial charge on any atom is -0.402 e. The molecule has 2 aliphatic rings. The molecule has 0 aromatic carbocycles. The fourth-order valence-corrected chi connectivity index (χ4v) is 1.87. The lowest BCUT2D eigenvalue weighted by Gasteiger charge is -2.32. The molecule has 0 radical (unpaired) electrons. The monoisotopic (exact) mass is 208 g/mol. The maximum atomic E-state index is 11.6. The summed E-state index contributed by atoms with van der Waals surface area (Å²) in [7, 11) is 0. The second-order valence-corrected chi connectivity index (χ2v) is 4.29. The van der Waals surface area contributed by atoms with Gasteiger partial charge in [-0.2, -0.15) is 0 Å². The van der Waals surface area contributed by atoms with E-state index in [2.05, 4.69) is 10.3 Å². The summed E-state index contributed by atoms with van der Waals surface area (Å²) < 4.78 is 0. The van der Waals surface area contributed by atoms with Crippen LogP contribution in [-0.4, -0.2) is 42.3 Å². The number of carbonyl (C=O) groups excluding carboxylic acids is 1. The van der Waals surface area contributed by atoms with Crippen molar-refractivity contribution in [3.8, 4) is 0 Å². The first-order valence-corrected chi connectivity index (χ1v) is 5.10. The van der Waals surface area contributed by atoms with Gasteiger partial charge in [0.15, 0.2) is 0 Å². The van der Waals surface area contributed by atoms with Crippen LogP contribution in [0.5, 0.6) is 0 Å². The summed E-state index contributed by atoms with van der Waals surface area (Å²) in [6, 6.07) is 0. The van der Waals surface area contributed by atoms with E-state index in [1.807, 2.05) is 13.1 Å². The third-order valence-corrected chi connectivity index (χ3v) is 2.76. The summed E-state index contributed by atoms with van der Waals surface area (Å²) >= 11 is 0. The summed E-state index contributed by atoms with van der Waals surface area (Å²) in [5.41, 5.74) is 6.09. The van der Waals surface area contributed by atoms with Crippen LogP contribution in [0.4, 0.5) is 0 Å². The number of aliphatic imine (C=N–C) groups is 1. The van der Waals surface area contributed by atoms with Crippen LogP contribution in [0.15, 0.2) is 16.8 Å². The van der Waals surface area contributed by atoms with E-state index in [0.29, 0.717) is 25.5 Å². The molecule has 0 spiro atoms. The van der Waals surface area contributed by atoms with E-state index < -0.39 is 0 Å². The molecule has 5 nitrogen and oxygen atoms in total. The zero-order valence-corrected chi connectivity index (χ0v) is 8.86. The van der Waals surface area contributed by atoms with Crippen LogP contribution in [0.1, 0.15) is 13.3 Å². The molecule has 1 atom stereocenters. The second-order valence-electron chi connectivity index (χ2n) is 4.29. The Morgan fingerprint density at radius 2 is 2.53 bits per heavy atom. The van der Waals surface area contributed by atoms with Gasteiger partial charge in [0.25, 0.3) is 0 Å². The Labute approximate surface area is 89.0 Å². The number of nitrogens with two attached hydrogens (primary N) is 1. The first kappa shape index (κ1) is 10.2. The molecule has 0 saturated carbocycles. The molecule has 1 amide bonds. The van der Waals surface area contributed by atoms with Gasteiger partial charge in [0, 0.05) is 37.5 Å². The lowest BCUT2D eigenvalue weighted by Crippen LogP contribution is -2.52. The van der Waals surface area contributed by atoms with E-state index in [0.717, 1.165) is 6.42 Å². The molecule has 3 N–H and O–H groups in total. The quantitative estimate of drug-likeness (QED) is 0.639. The second kappa shape index (κ2) is 3.66. The molecular weight excluding hydrogens is 192 g/mol. The predicted octanol–water partition coefficient (Wildman–Crippen LogP) is -0.548. The van der Waals surface area contributed by atoms with E-state index in [1.54, 1.807) is 4.90 Å².